The number of rotatable bonds is 3. The Morgan fingerprint density at radius 1 is 1.52 bits per heavy atom. The molecule has 0 aromatic carbocycles. The largest absolute Gasteiger partial charge is 0.354 e. The molecule has 1 aliphatic heterocycles. The zero-order valence-corrected chi connectivity index (χ0v) is 16.4. The van der Waals surface area contributed by atoms with Crippen LogP contribution in [0.5, 0.6) is 0 Å². The van der Waals surface area contributed by atoms with Crippen LogP contribution in [0.3, 0.4) is 0 Å². The minimum absolute atomic E-state index is 0. The molecule has 2 heterocycles. The van der Waals surface area contributed by atoms with Crippen molar-refractivity contribution >= 4 is 41.7 Å². The zero-order valence-electron chi connectivity index (χ0n) is 13.3. The third-order valence-corrected chi connectivity index (χ3v) is 4.62. The molecule has 1 fully saturated rings. The first-order valence-electron chi connectivity index (χ1n) is 7.09. The summed E-state index contributed by atoms with van der Waals surface area (Å²) < 4.78 is 2.26. The van der Waals surface area contributed by atoms with Crippen LogP contribution in [-0.2, 0) is 6.54 Å². The Balaban J connectivity index is 0.00000220. The third kappa shape index (κ3) is 5.69. The predicted molar refractivity (Wildman–Crippen MR) is 102 cm³/mol. The van der Waals surface area contributed by atoms with E-state index in [1.165, 1.54) is 5.56 Å². The molecule has 21 heavy (non-hydrogen) atoms. The van der Waals surface area contributed by atoms with Crippen LogP contribution in [0.1, 0.15) is 19.4 Å². The normalized spacial score (nSPS) is 18.3. The van der Waals surface area contributed by atoms with Gasteiger partial charge in [-0.2, -0.15) is 16.9 Å². The maximum Gasteiger partial charge on any atom is 0.193 e. The lowest BCUT2D eigenvalue weighted by Crippen LogP contribution is -2.51. The summed E-state index contributed by atoms with van der Waals surface area (Å²) in [5.41, 5.74) is 1.20. The van der Waals surface area contributed by atoms with E-state index >= 15 is 0 Å². The summed E-state index contributed by atoms with van der Waals surface area (Å²) in [6, 6.07) is 0. The van der Waals surface area contributed by atoms with Crippen molar-refractivity contribution in [3.8, 4) is 0 Å². The highest BCUT2D eigenvalue weighted by Gasteiger charge is 2.28. The molecule has 5 nitrogen and oxygen atoms in total. The predicted octanol–water partition coefficient (Wildman–Crippen LogP) is 2.21. The first-order valence-corrected chi connectivity index (χ1v) is 8.07. The summed E-state index contributed by atoms with van der Waals surface area (Å²) in [6.07, 6.45) is 3.95. The average Bonchev–Trinajstić information content (AvgIpc) is 2.79. The Morgan fingerprint density at radius 2 is 2.29 bits per heavy atom. The van der Waals surface area contributed by atoms with Gasteiger partial charge in [-0.3, -0.25) is 9.67 Å². The van der Waals surface area contributed by atoms with Gasteiger partial charge in [0.15, 0.2) is 5.96 Å². The van der Waals surface area contributed by atoms with Crippen LogP contribution in [-0.4, -0.2) is 57.8 Å². The molecule has 1 aromatic heterocycles. The molecule has 0 aliphatic carbocycles. The summed E-state index contributed by atoms with van der Waals surface area (Å²) in [5.74, 6) is 2.16. The van der Waals surface area contributed by atoms with Crippen molar-refractivity contribution in [3.05, 3.63) is 18.0 Å². The molecular formula is C14H26IN5S. The van der Waals surface area contributed by atoms with Gasteiger partial charge < -0.3 is 10.2 Å². The standard InChI is InChI=1S/C14H25N5S.HI/c1-12-9-17-19(10-12)6-5-16-13(15-4)18-7-8-20-14(2,3)11-18;/h9-10H,5-8,11H2,1-4H3,(H,15,16);1H. The molecule has 1 aromatic rings. The van der Waals surface area contributed by atoms with E-state index in [9.17, 15) is 0 Å². The number of nitrogens with zero attached hydrogens (tertiary/aromatic N) is 4. The maximum absolute atomic E-state index is 4.41. The second-order valence-corrected chi connectivity index (χ2v) is 7.59. The van der Waals surface area contributed by atoms with Gasteiger partial charge in [-0.25, -0.2) is 0 Å². The molecule has 120 valence electrons. The Kier molecular flexibility index (Phi) is 7.32. The van der Waals surface area contributed by atoms with E-state index in [4.69, 9.17) is 0 Å². The Morgan fingerprint density at radius 3 is 2.86 bits per heavy atom. The topological polar surface area (TPSA) is 45.5 Å². The minimum Gasteiger partial charge on any atom is -0.354 e. The lowest BCUT2D eigenvalue weighted by atomic mass is 10.2. The van der Waals surface area contributed by atoms with E-state index in [2.05, 4.69) is 47.3 Å². The Labute approximate surface area is 149 Å². The van der Waals surface area contributed by atoms with Crippen LogP contribution in [0, 0.1) is 6.92 Å². The van der Waals surface area contributed by atoms with Crippen LogP contribution in [0.4, 0.5) is 0 Å². The molecular weight excluding hydrogens is 397 g/mol. The Bertz CT molecular complexity index is 472. The maximum atomic E-state index is 4.41. The van der Waals surface area contributed by atoms with Gasteiger partial charge in [0, 0.05) is 43.4 Å². The highest BCUT2D eigenvalue weighted by atomic mass is 127. The highest BCUT2D eigenvalue weighted by Crippen LogP contribution is 2.29. The van der Waals surface area contributed by atoms with Gasteiger partial charge in [0.2, 0.25) is 0 Å². The van der Waals surface area contributed by atoms with Crippen LogP contribution in [0.25, 0.3) is 0 Å². The summed E-state index contributed by atoms with van der Waals surface area (Å²) in [4.78, 5) is 6.76. The molecule has 0 radical (unpaired) electrons. The molecule has 0 unspecified atom stereocenters. The fourth-order valence-corrected chi connectivity index (χ4v) is 3.51. The molecule has 7 heteroatoms. The van der Waals surface area contributed by atoms with E-state index in [0.29, 0.717) is 4.75 Å². The summed E-state index contributed by atoms with van der Waals surface area (Å²) >= 11 is 2.04. The van der Waals surface area contributed by atoms with Gasteiger partial charge in [0.25, 0.3) is 0 Å². The van der Waals surface area contributed by atoms with Gasteiger partial charge >= 0.3 is 0 Å². The van der Waals surface area contributed by atoms with Crippen molar-refractivity contribution in [2.45, 2.75) is 32.1 Å². The molecule has 2 rings (SSSR count). The molecule has 1 aliphatic rings. The second-order valence-electron chi connectivity index (χ2n) is 5.78. The second kappa shape index (κ2) is 8.26. The van der Waals surface area contributed by atoms with Gasteiger partial charge in [0.05, 0.1) is 12.7 Å². The van der Waals surface area contributed by atoms with Gasteiger partial charge in [-0.15, -0.1) is 24.0 Å². The van der Waals surface area contributed by atoms with Crippen LogP contribution >= 0.6 is 35.7 Å². The number of aromatic nitrogens is 2. The van der Waals surface area contributed by atoms with Crippen LogP contribution in [0.15, 0.2) is 17.4 Å². The number of hydrogen-bond acceptors (Lipinski definition) is 3. The zero-order chi connectivity index (χ0) is 14.6. The first kappa shape index (κ1) is 18.6. The summed E-state index contributed by atoms with van der Waals surface area (Å²) in [5, 5.41) is 7.73. The number of guanidine groups is 1. The van der Waals surface area contributed by atoms with Gasteiger partial charge in [-0.1, -0.05) is 0 Å². The van der Waals surface area contributed by atoms with Crippen molar-refractivity contribution in [3.63, 3.8) is 0 Å². The minimum atomic E-state index is 0. The fourth-order valence-electron chi connectivity index (χ4n) is 2.40. The number of hydrogen-bond donors (Lipinski definition) is 1. The smallest absolute Gasteiger partial charge is 0.193 e. The number of nitrogens with one attached hydrogen (secondary N) is 1. The molecule has 0 spiro atoms. The molecule has 0 bridgehead atoms. The van der Waals surface area contributed by atoms with Gasteiger partial charge in [0.1, 0.15) is 0 Å². The molecule has 1 N–H and O–H groups in total. The number of aryl methyl sites for hydroxylation is 1. The number of thioether (sulfide) groups is 1. The van der Waals surface area contributed by atoms with Crippen molar-refractivity contribution in [1.82, 2.24) is 20.0 Å². The van der Waals surface area contributed by atoms with Gasteiger partial charge in [-0.05, 0) is 26.3 Å². The van der Waals surface area contributed by atoms with E-state index < -0.39 is 0 Å². The number of aliphatic imine (C=N–C) groups is 1. The van der Waals surface area contributed by atoms with Crippen molar-refractivity contribution < 1.29 is 0 Å². The third-order valence-electron chi connectivity index (χ3n) is 3.32. The molecule has 0 amide bonds. The summed E-state index contributed by atoms with van der Waals surface area (Å²) in [7, 11) is 1.86. The van der Waals surface area contributed by atoms with Crippen molar-refractivity contribution in [1.29, 1.82) is 0 Å². The van der Waals surface area contributed by atoms with E-state index in [-0.39, 0.29) is 24.0 Å². The first-order chi connectivity index (χ1) is 9.50. The fraction of sp³-hybridized carbons (Fsp3) is 0.714. The lowest BCUT2D eigenvalue weighted by molar-refractivity contribution is 0.374. The van der Waals surface area contributed by atoms with Crippen LogP contribution in [0.2, 0.25) is 0 Å². The summed E-state index contributed by atoms with van der Waals surface area (Å²) in [6.45, 7) is 10.5. The molecule has 0 atom stereocenters. The number of halogens is 1. The molecule has 1 saturated heterocycles. The van der Waals surface area contributed by atoms with E-state index in [1.807, 2.05) is 29.7 Å². The van der Waals surface area contributed by atoms with E-state index in [0.717, 1.165) is 37.9 Å². The van der Waals surface area contributed by atoms with Crippen molar-refractivity contribution in [2.24, 2.45) is 4.99 Å². The van der Waals surface area contributed by atoms with Crippen molar-refractivity contribution in [2.75, 3.05) is 32.4 Å². The SMILES string of the molecule is CN=C(NCCn1cc(C)cn1)N1CCSC(C)(C)C1.I. The Hall–Kier alpha value is -0.440. The monoisotopic (exact) mass is 423 g/mol. The average molecular weight is 423 g/mol. The van der Waals surface area contributed by atoms with E-state index in [1.54, 1.807) is 0 Å². The highest BCUT2D eigenvalue weighted by molar-refractivity contribution is 14.0. The lowest BCUT2D eigenvalue weighted by Gasteiger charge is -2.39. The van der Waals surface area contributed by atoms with Crippen LogP contribution < -0.4 is 5.32 Å². The quantitative estimate of drug-likeness (QED) is 0.460. The molecule has 0 saturated carbocycles.